The summed E-state index contributed by atoms with van der Waals surface area (Å²) >= 11 is 0. The third-order valence-corrected chi connectivity index (χ3v) is 3.05. The number of aryl methyl sites for hydroxylation is 2. The van der Waals surface area contributed by atoms with Crippen LogP contribution in [-0.4, -0.2) is 26.2 Å². The van der Waals surface area contributed by atoms with Gasteiger partial charge in [-0.3, -0.25) is 0 Å². The number of nitrogens with zero attached hydrogens (tertiary/aromatic N) is 1. The Morgan fingerprint density at radius 1 is 1.13 bits per heavy atom. The van der Waals surface area contributed by atoms with E-state index in [-0.39, 0.29) is 0 Å². The van der Waals surface area contributed by atoms with Gasteiger partial charge < -0.3 is 10.2 Å². The summed E-state index contributed by atoms with van der Waals surface area (Å²) < 4.78 is 0. The van der Waals surface area contributed by atoms with E-state index in [2.05, 4.69) is 42.3 Å². The largest absolute Gasteiger partial charge is 0.370 e. The molecule has 82 valence electrons. The molecule has 1 aromatic rings. The van der Waals surface area contributed by atoms with Crippen molar-refractivity contribution in [3.63, 3.8) is 0 Å². The highest BCUT2D eigenvalue weighted by Gasteiger charge is 2.11. The molecule has 0 amide bonds. The van der Waals surface area contributed by atoms with Gasteiger partial charge in [0.2, 0.25) is 0 Å². The van der Waals surface area contributed by atoms with Crippen LogP contribution in [0.4, 0.5) is 5.69 Å². The van der Waals surface area contributed by atoms with Gasteiger partial charge in [-0.25, -0.2) is 0 Å². The summed E-state index contributed by atoms with van der Waals surface area (Å²) in [6.07, 6.45) is 1.24. The summed E-state index contributed by atoms with van der Waals surface area (Å²) in [6.45, 7) is 8.93. The Balaban J connectivity index is 2.22. The average Bonchev–Trinajstić information content (AvgIpc) is 2.50. The predicted molar refractivity (Wildman–Crippen MR) is 65.6 cm³/mol. The second-order valence-electron chi connectivity index (χ2n) is 4.38. The molecule has 1 aliphatic heterocycles. The zero-order valence-corrected chi connectivity index (χ0v) is 9.71. The maximum Gasteiger partial charge on any atom is 0.0399 e. The van der Waals surface area contributed by atoms with Crippen LogP contribution in [0.1, 0.15) is 17.5 Å². The molecule has 0 saturated carbocycles. The second kappa shape index (κ2) is 4.67. The molecule has 1 N–H and O–H groups in total. The van der Waals surface area contributed by atoms with E-state index < -0.39 is 0 Å². The topological polar surface area (TPSA) is 15.3 Å². The highest BCUT2D eigenvalue weighted by Crippen LogP contribution is 2.21. The lowest BCUT2D eigenvalue weighted by molar-refractivity contribution is 0.724. The molecule has 0 bridgehead atoms. The zero-order chi connectivity index (χ0) is 10.7. The Morgan fingerprint density at radius 3 is 2.87 bits per heavy atom. The van der Waals surface area contributed by atoms with Crippen molar-refractivity contribution in [2.45, 2.75) is 20.3 Å². The molecule has 1 saturated heterocycles. The van der Waals surface area contributed by atoms with Gasteiger partial charge in [-0.1, -0.05) is 12.1 Å². The average molecular weight is 204 g/mol. The van der Waals surface area contributed by atoms with Crippen LogP contribution in [0.3, 0.4) is 0 Å². The minimum absolute atomic E-state index is 1.10. The zero-order valence-electron chi connectivity index (χ0n) is 9.71. The van der Waals surface area contributed by atoms with E-state index in [1.54, 1.807) is 0 Å². The maximum absolute atomic E-state index is 3.44. The van der Waals surface area contributed by atoms with Crippen LogP contribution in [-0.2, 0) is 0 Å². The Kier molecular flexibility index (Phi) is 3.27. The minimum Gasteiger partial charge on any atom is -0.370 e. The number of benzene rings is 1. The minimum atomic E-state index is 1.10. The first-order valence-electron chi connectivity index (χ1n) is 5.80. The number of hydrogen-bond acceptors (Lipinski definition) is 2. The van der Waals surface area contributed by atoms with Gasteiger partial charge in [0, 0.05) is 25.3 Å². The van der Waals surface area contributed by atoms with Gasteiger partial charge in [0.25, 0.3) is 0 Å². The maximum atomic E-state index is 3.44. The summed E-state index contributed by atoms with van der Waals surface area (Å²) in [5, 5.41) is 3.44. The van der Waals surface area contributed by atoms with E-state index in [9.17, 15) is 0 Å². The first kappa shape index (κ1) is 10.5. The number of anilines is 1. The van der Waals surface area contributed by atoms with E-state index in [1.807, 2.05) is 0 Å². The number of nitrogens with one attached hydrogen (secondary N) is 1. The van der Waals surface area contributed by atoms with Crippen LogP contribution < -0.4 is 10.2 Å². The van der Waals surface area contributed by atoms with Crippen LogP contribution in [0.5, 0.6) is 0 Å². The Bertz CT molecular complexity index is 325. The van der Waals surface area contributed by atoms with Crippen molar-refractivity contribution < 1.29 is 0 Å². The summed E-state index contributed by atoms with van der Waals surface area (Å²) in [7, 11) is 0. The molecular formula is C13H20N2. The molecule has 2 rings (SSSR count). The molecule has 1 aliphatic rings. The van der Waals surface area contributed by atoms with Crippen molar-refractivity contribution in [1.82, 2.24) is 5.32 Å². The van der Waals surface area contributed by atoms with E-state index in [4.69, 9.17) is 0 Å². The molecule has 2 nitrogen and oxygen atoms in total. The molecule has 15 heavy (non-hydrogen) atoms. The van der Waals surface area contributed by atoms with E-state index >= 15 is 0 Å². The van der Waals surface area contributed by atoms with Crippen LogP contribution >= 0.6 is 0 Å². The van der Waals surface area contributed by atoms with Gasteiger partial charge in [0.05, 0.1) is 0 Å². The van der Waals surface area contributed by atoms with Crippen molar-refractivity contribution in [1.29, 1.82) is 0 Å². The normalized spacial score (nSPS) is 17.6. The fourth-order valence-corrected chi connectivity index (χ4v) is 2.15. The third kappa shape index (κ3) is 2.51. The molecule has 0 aliphatic carbocycles. The Morgan fingerprint density at radius 2 is 2.00 bits per heavy atom. The lowest BCUT2D eigenvalue weighted by atomic mass is 10.1. The highest BCUT2D eigenvalue weighted by atomic mass is 15.2. The van der Waals surface area contributed by atoms with Gasteiger partial charge in [-0.15, -0.1) is 0 Å². The van der Waals surface area contributed by atoms with Crippen molar-refractivity contribution in [3.8, 4) is 0 Å². The van der Waals surface area contributed by atoms with Gasteiger partial charge in [-0.05, 0) is 44.0 Å². The smallest absolute Gasteiger partial charge is 0.0399 e. The van der Waals surface area contributed by atoms with E-state index in [0.717, 1.165) is 19.6 Å². The fraction of sp³-hybridized carbons (Fsp3) is 0.538. The molecule has 2 heteroatoms. The number of hydrogen-bond donors (Lipinski definition) is 1. The standard InChI is InChI=1S/C13H20N2/c1-11-4-5-12(2)13(10-11)15-8-3-6-14-7-9-15/h4-5,10,14H,3,6-9H2,1-2H3. The first-order valence-corrected chi connectivity index (χ1v) is 5.80. The summed E-state index contributed by atoms with van der Waals surface area (Å²) in [6, 6.07) is 6.72. The Hall–Kier alpha value is -1.02. The van der Waals surface area contributed by atoms with E-state index in [1.165, 1.54) is 29.8 Å². The fourth-order valence-electron chi connectivity index (χ4n) is 2.15. The summed E-state index contributed by atoms with van der Waals surface area (Å²) in [5.74, 6) is 0. The highest BCUT2D eigenvalue weighted by molar-refractivity contribution is 5.55. The molecular weight excluding hydrogens is 184 g/mol. The van der Waals surface area contributed by atoms with Crippen LogP contribution in [0.15, 0.2) is 18.2 Å². The monoisotopic (exact) mass is 204 g/mol. The lowest BCUT2D eigenvalue weighted by Crippen LogP contribution is -2.28. The van der Waals surface area contributed by atoms with Crippen LogP contribution in [0.25, 0.3) is 0 Å². The third-order valence-electron chi connectivity index (χ3n) is 3.05. The molecule has 1 fully saturated rings. The molecule has 1 aromatic carbocycles. The van der Waals surface area contributed by atoms with Crippen molar-refractivity contribution in [2.75, 3.05) is 31.1 Å². The summed E-state index contributed by atoms with van der Waals surface area (Å²) in [4.78, 5) is 2.50. The van der Waals surface area contributed by atoms with Crippen molar-refractivity contribution >= 4 is 5.69 Å². The van der Waals surface area contributed by atoms with Crippen LogP contribution in [0, 0.1) is 13.8 Å². The molecule has 0 unspecified atom stereocenters. The molecule has 0 aromatic heterocycles. The first-order chi connectivity index (χ1) is 7.27. The van der Waals surface area contributed by atoms with Gasteiger partial charge in [0.1, 0.15) is 0 Å². The van der Waals surface area contributed by atoms with Gasteiger partial charge in [0.15, 0.2) is 0 Å². The lowest BCUT2D eigenvalue weighted by Gasteiger charge is -2.24. The number of rotatable bonds is 1. The quantitative estimate of drug-likeness (QED) is 0.753. The molecule has 1 heterocycles. The molecule has 0 spiro atoms. The molecule has 0 radical (unpaired) electrons. The second-order valence-corrected chi connectivity index (χ2v) is 4.38. The summed E-state index contributed by atoms with van der Waals surface area (Å²) in [5.41, 5.74) is 4.16. The van der Waals surface area contributed by atoms with Crippen LogP contribution in [0.2, 0.25) is 0 Å². The van der Waals surface area contributed by atoms with Gasteiger partial charge in [-0.2, -0.15) is 0 Å². The molecule has 0 atom stereocenters. The SMILES string of the molecule is Cc1ccc(C)c(N2CCCNCC2)c1. The Labute approximate surface area is 92.3 Å². The van der Waals surface area contributed by atoms with Crippen molar-refractivity contribution in [3.05, 3.63) is 29.3 Å². The predicted octanol–water partition coefficient (Wildman–Crippen LogP) is 2.10. The van der Waals surface area contributed by atoms with Crippen molar-refractivity contribution in [2.24, 2.45) is 0 Å². The van der Waals surface area contributed by atoms with Gasteiger partial charge >= 0.3 is 0 Å². The van der Waals surface area contributed by atoms with E-state index in [0.29, 0.717) is 0 Å².